The predicted molar refractivity (Wildman–Crippen MR) is 31.8 cm³/mol. The predicted octanol–water partition coefficient (Wildman–Crippen LogP) is -0.129. The average Bonchev–Trinajstić information content (AvgIpc) is 1.90. The molecule has 1 aromatic heterocycles. The zero-order valence-electron chi connectivity index (χ0n) is 4.61. The second-order valence-electron chi connectivity index (χ2n) is 1.49. The lowest BCUT2D eigenvalue weighted by atomic mass is 10.5. The van der Waals surface area contributed by atoms with E-state index in [2.05, 4.69) is 9.97 Å². The maximum Gasteiger partial charge on any atom is 0.192 e. The normalized spacial score (nSPS) is 8.89. The summed E-state index contributed by atoms with van der Waals surface area (Å²) < 4.78 is 0. The van der Waals surface area contributed by atoms with Gasteiger partial charge in [0.2, 0.25) is 0 Å². The molecule has 9 heavy (non-hydrogen) atoms. The van der Waals surface area contributed by atoms with Crippen LogP contribution in [0, 0.1) is 0 Å². The van der Waals surface area contributed by atoms with Crippen molar-refractivity contribution in [3.05, 3.63) is 18.2 Å². The Hall–Kier alpha value is -1.45. The van der Waals surface area contributed by atoms with Crippen LogP contribution >= 0.6 is 0 Å². The van der Waals surface area contributed by atoms with E-state index >= 15 is 0 Å². The number of rotatable bonds is 1. The van der Waals surface area contributed by atoms with Crippen molar-refractivity contribution < 1.29 is 4.79 Å². The Morgan fingerprint density at radius 1 is 1.44 bits per heavy atom. The molecule has 0 saturated carbocycles. The largest absolute Gasteiger partial charge is 0.396 e. The third-order valence-electron chi connectivity index (χ3n) is 0.797. The Balaban J connectivity index is 3.01. The fraction of sp³-hybridized carbons (Fsp3) is 0. The smallest absolute Gasteiger partial charge is 0.192 e. The molecule has 1 aromatic rings. The molecule has 0 bridgehead atoms. The average molecular weight is 123 g/mol. The van der Waals surface area contributed by atoms with Crippen LogP contribution in [0.5, 0.6) is 0 Å². The van der Waals surface area contributed by atoms with E-state index < -0.39 is 0 Å². The van der Waals surface area contributed by atoms with Crippen LogP contribution < -0.4 is 5.73 Å². The van der Waals surface area contributed by atoms with Gasteiger partial charge in [-0.3, -0.25) is 4.79 Å². The van der Waals surface area contributed by atoms with E-state index in [0.29, 0.717) is 12.0 Å². The Bertz CT molecular complexity index is 206. The van der Waals surface area contributed by atoms with E-state index in [1.54, 1.807) is 0 Å². The van der Waals surface area contributed by atoms with Gasteiger partial charge in [-0.15, -0.1) is 0 Å². The summed E-state index contributed by atoms with van der Waals surface area (Å²) in [5, 5.41) is 0. The van der Waals surface area contributed by atoms with Gasteiger partial charge in [0.25, 0.3) is 0 Å². The topological polar surface area (TPSA) is 68.9 Å². The molecule has 4 heteroatoms. The first-order valence-corrected chi connectivity index (χ1v) is 2.35. The van der Waals surface area contributed by atoms with Crippen LogP contribution in [0.4, 0.5) is 5.69 Å². The summed E-state index contributed by atoms with van der Waals surface area (Å²) in [5.41, 5.74) is 5.70. The van der Waals surface area contributed by atoms with E-state index in [0.717, 1.165) is 0 Å². The molecule has 0 atom stereocenters. The first kappa shape index (κ1) is 5.68. The third-order valence-corrected chi connectivity index (χ3v) is 0.797. The van der Waals surface area contributed by atoms with E-state index in [9.17, 15) is 4.79 Å². The van der Waals surface area contributed by atoms with Crippen molar-refractivity contribution >= 4 is 12.0 Å². The number of carbonyl (C=O) groups excluding carboxylic acids is 1. The molecule has 0 aliphatic carbocycles. The molecular weight excluding hydrogens is 118 g/mol. The van der Waals surface area contributed by atoms with Crippen molar-refractivity contribution in [3.63, 3.8) is 0 Å². The van der Waals surface area contributed by atoms with Crippen LogP contribution in [0.15, 0.2) is 12.4 Å². The number of carbonyl (C=O) groups is 1. The molecule has 1 heterocycles. The Labute approximate surface area is 51.7 Å². The van der Waals surface area contributed by atoms with Gasteiger partial charge in [-0.1, -0.05) is 0 Å². The van der Waals surface area contributed by atoms with Gasteiger partial charge in [0.15, 0.2) is 12.1 Å². The molecule has 0 unspecified atom stereocenters. The van der Waals surface area contributed by atoms with Crippen LogP contribution in [0.3, 0.4) is 0 Å². The molecule has 0 amide bonds. The summed E-state index contributed by atoms with van der Waals surface area (Å²) in [6.45, 7) is 0. The fourth-order valence-corrected chi connectivity index (χ4v) is 0.409. The standard InChI is InChI=1S/C5H5N3O/c6-4-1-7-5(3-9)8-2-4/h1-3H,6H2. The van der Waals surface area contributed by atoms with Gasteiger partial charge in [-0.2, -0.15) is 0 Å². The minimum atomic E-state index is 0.157. The lowest BCUT2D eigenvalue weighted by Crippen LogP contribution is -1.93. The molecule has 0 fully saturated rings. The monoisotopic (exact) mass is 123 g/mol. The van der Waals surface area contributed by atoms with Crippen molar-refractivity contribution in [3.8, 4) is 0 Å². The molecule has 46 valence electrons. The number of nitrogens with two attached hydrogens (primary N) is 1. The zero-order valence-corrected chi connectivity index (χ0v) is 4.61. The van der Waals surface area contributed by atoms with Gasteiger partial charge in [0.1, 0.15) is 0 Å². The number of nitrogens with zero attached hydrogens (tertiary/aromatic N) is 2. The zero-order chi connectivity index (χ0) is 6.69. The van der Waals surface area contributed by atoms with Crippen molar-refractivity contribution in [2.24, 2.45) is 0 Å². The van der Waals surface area contributed by atoms with Gasteiger partial charge < -0.3 is 5.73 Å². The highest BCUT2D eigenvalue weighted by Crippen LogP contribution is 1.92. The minimum absolute atomic E-state index is 0.157. The molecule has 0 radical (unpaired) electrons. The van der Waals surface area contributed by atoms with Gasteiger partial charge in [0.05, 0.1) is 18.1 Å². The van der Waals surface area contributed by atoms with Gasteiger partial charge in [-0.25, -0.2) is 9.97 Å². The number of anilines is 1. The fourth-order valence-electron chi connectivity index (χ4n) is 0.409. The highest BCUT2D eigenvalue weighted by molar-refractivity contribution is 5.68. The van der Waals surface area contributed by atoms with Crippen LogP contribution in [-0.4, -0.2) is 16.3 Å². The van der Waals surface area contributed by atoms with E-state index in [-0.39, 0.29) is 5.82 Å². The van der Waals surface area contributed by atoms with Crippen LogP contribution in [-0.2, 0) is 0 Å². The lowest BCUT2D eigenvalue weighted by molar-refractivity contribution is 0.111. The summed E-state index contributed by atoms with van der Waals surface area (Å²) in [4.78, 5) is 17.1. The summed E-state index contributed by atoms with van der Waals surface area (Å²) in [6.07, 6.45) is 3.34. The van der Waals surface area contributed by atoms with Gasteiger partial charge in [-0.05, 0) is 0 Å². The molecule has 1 rings (SSSR count). The van der Waals surface area contributed by atoms with Crippen molar-refractivity contribution in [2.75, 3.05) is 5.73 Å². The number of aromatic nitrogens is 2. The first-order chi connectivity index (χ1) is 4.33. The second kappa shape index (κ2) is 2.21. The highest BCUT2D eigenvalue weighted by atomic mass is 16.1. The number of hydrogen-bond acceptors (Lipinski definition) is 4. The summed E-state index contributed by atoms with van der Waals surface area (Å²) in [5.74, 6) is 0.157. The van der Waals surface area contributed by atoms with E-state index in [1.807, 2.05) is 0 Å². The van der Waals surface area contributed by atoms with Crippen LogP contribution in [0.2, 0.25) is 0 Å². The Morgan fingerprint density at radius 2 is 2.00 bits per heavy atom. The number of nitrogen functional groups attached to an aromatic ring is 1. The van der Waals surface area contributed by atoms with Crippen molar-refractivity contribution in [1.82, 2.24) is 9.97 Å². The molecule has 0 saturated heterocycles. The maximum atomic E-state index is 9.95. The Morgan fingerprint density at radius 3 is 2.44 bits per heavy atom. The van der Waals surface area contributed by atoms with Crippen molar-refractivity contribution in [2.45, 2.75) is 0 Å². The summed E-state index contributed by atoms with van der Waals surface area (Å²) >= 11 is 0. The van der Waals surface area contributed by atoms with E-state index in [1.165, 1.54) is 12.4 Å². The van der Waals surface area contributed by atoms with Crippen LogP contribution in [0.25, 0.3) is 0 Å². The minimum Gasteiger partial charge on any atom is -0.396 e. The first-order valence-electron chi connectivity index (χ1n) is 2.35. The lowest BCUT2D eigenvalue weighted by Gasteiger charge is -1.88. The quantitative estimate of drug-likeness (QED) is 0.528. The Kier molecular flexibility index (Phi) is 1.40. The number of aldehydes is 1. The highest BCUT2D eigenvalue weighted by Gasteiger charge is 1.88. The van der Waals surface area contributed by atoms with E-state index in [4.69, 9.17) is 5.73 Å². The molecule has 2 N–H and O–H groups in total. The van der Waals surface area contributed by atoms with Crippen LogP contribution in [0.1, 0.15) is 10.6 Å². The summed E-state index contributed by atoms with van der Waals surface area (Å²) in [7, 11) is 0. The third kappa shape index (κ3) is 1.22. The molecule has 0 aliphatic heterocycles. The molecule has 0 spiro atoms. The molecule has 0 aromatic carbocycles. The molecule has 0 aliphatic rings. The second-order valence-corrected chi connectivity index (χ2v) is 1.49. The molecule has 4 nitrogen and oxygen atoms in total. The maximum absolute atomic E-state index is 9.95. The summed E-state index contributed by atoms with van der Waals surface area (Å²) in [6, 6.07) is 0. The van der Waals surface area contributed by atoms with Crippen molar-refractivity contribution in [1.29, 1.82) is 0 Å². The number of hydrogen-bond donors (Lipinski definition) is 1. The van der Waals surface area contributed by atoms with Gasteiger partial charge >= 0.3 is 0 Å². The molecular formula is C5H5N3O. The SMILES string of the molecule is Nc1cnc(C=O)nc1. The van der Waals surface area contributed by atoms with Gasteiger partial charge in [0, 0.05) is 0 Å².